The monoisotopic (exact) mass is 431 g/mol. The quantitative estimate of drug-likeness (QED) is 0.741. The van der Waals surface area contributed by atoms with E-state index in [9.17, 15) is 4.39 Å². The fourth-order valence-corrected chi connectivity index (χ4v) is 5.19. The van der Waals surface area contributed by atoms with Crippen molar-refractivity contribution < 1.29 is 22.6 Å². The summed E-state index contributed by atoms with van der Waals surface area (Å²) in [6, 6.07) is 2.34. The average molecular weight is 431 g/mol. The molecule has 2 aliphatic carbocycles. The van der Waals surface area contributed by atoms with Gasteiger partial charge in [0.05, 0.1) is 29.9 Å². The van der Waals surface area contributed by atoms with E-state index >= 15 is 8.78 Å². The number of nitrogens with zero attached hydrogens (tertiary/aromatic N) is 2. The van der Waals surface area contributed by atoms with Crippen LogP contribution in [0.3, 0.4) is 0 Å². The third-order valence-electron chi connectivity index (χ3n) is 7.30. The highest BCUT2D eigenvalue weighted by Crippen LogP contribution is 2.51. The Kier molecular flexibility index (Phi) is 4.34. The van der Waals surface area contributed by atoms with Gasteiger partial charge < -0.3 is 14.8 Å². The Hall–Kier alpha value is -2.19. The molecular weight excluding hydrogens is 407 g/mol. The molecule has 2 unspecified atom stereocenters. The van der Waals surface area contributed by atoms with Gasteiger partial charge in [0.1, 0.15) is 23.0 Å². The van der Waals surface area contributed by atoms with Crippen LogP contribution in [0.2, 0.25) is 0 Å². The van der Waals surface area contributed by atoms with Crippen LogP contribution in [-0.2, 0) is 21.6 Å². The molecule has 3 fully saturated rings. The molecule has 1 saturated heterocycles. The van der Waals surface area contributed by atoms with Crippen molar-refractivity contribution in [1.29, 1.82) is 0 Å². The first-order valence-electron chi connectivity index (χ1n) is 11.0. The number of anilines is 1. The summed E-state index contributed by atoms with van der Waals surface area (Å²) in [4.78, 5) is 0. The van der Waals surface area contributed by atoms with Crippen LogP contribution < -0.4 is 5.32 Å². The average Bonchev–Trinajstić information content (AvgIpc) is 3.37. The smallest absolute Gasteiger partial charge is 0.155 e. The number of fused-ring (bicyclic) bond motifs is 4. The third-order valence-corrected chi connectivity index (χ3v) is 7.30. The zero-order chi connectivity index (χ0) is 21.3. The summed E-state index contributed by atoms with van der Waals surface area (Å²) in [6.45, 7) is 0. The largest absolute Gasteiger partial charge is 0.379 e. The van der Waals surface area contributed by atoms with Crippen molar-refractivity contribution in [3.05, 3.63) is 40.5 Å². The molecule has 1 N–H and O–H groups in total. The number of methoxy groups -OCH3 is 1. The lowest BCUT2D eigenvalue weighted by molar-refractivity contribution is 0.0261. The molecule has 0 radical (unpaired) electrons. The molecule has 0 spiro atoms. The summed E-state index contributed by atoms with van der Waals surface area (Å²) < 4.78 is 56.1. The number of nitrogens with one attached hydrogen (secondary N) is 1. The maximum atomic E-state index is 15.1. The minimum atomic E-state index is -1.60. The van der Waals surface area contributed by atoms with Crippen LogP contribution in [0.1, 0.15) is 61.3 Å². The maximum absolute atomic E-state index is 15.1. The summed E-state index contributed by atoms with van der Waals surface area (Å²) >= 11 is 0. The van der Waals surface area contributed by atoms with Crippen LogP contribution in [0.4, 0.5) is 19.0 Å². The van der Waals surface area contributed by atoms with Gasteiger partial charge >= 0.3 is 0 Å². The minimum Gasteiger partial charge on any atom is -0.379 e. The van der Waals surface area contributed by atoms with Crippen molar-refractivity contribution in [2.24, 2.45) is 0 Å². The molecule has 3 heterocycles. The van der Waals surface area contributed by atoms with E-state index in [2.05, 4.69) is 15.5 Å². The summed E-state index contributed by atoms with van der Waals surface area (Å²) in [7, 11) is 1.69. The van der Waals surface area contributed by atoms with Gasteiger partial charge in [-0.3, -0.25) is 0 Å². The van der Waals surface area contributed by atoms with Gasteiger partial charge in [-0.25, -0.2) is 13.2 Å². The minimum absolute atomic E-state index is 0.00898. The number of halogens is 3. The predicted octanol–water partition coefficient (Wildman–Crippen LogP) is 4.75. The second-order valence-electron chi connectivity index (χ2n) is 9.20. The fraction of sp³-hybridized carbons (Fsp3) is 0.565. The Labute approximate surface area is 178 Å². The molecule has 0 amide bonds. The first kappa shape index (κ1) is 19.5. The first-order valence-corrected chi connectivity index (χ1v) is 11.0. The number of hydrogen-bond acceptors (Lipinski definition) is 5. The van der Waals surface area contributed by atoms with Crippen LogP contribution in [0.15, 0.2) is 12.1 Å². The lowest BCUT2D eigenvalue weighted by Gasteiger charge is -2.37. The molecule has 2 aliphatic heterocycles. The third kappa shape index (κ3) is 3.06. The molecule has 5 nitrogen and oxygen atoms in total. The van der Waals surface area contributed by atoms with E-state index in [0.717, 1.165) is 48.9 Å². The number of hydrogen-bond donors (Lipinski definition) is 1. The van der Waals surface area contributed by atoms with Gasteiger partial charge in [-0.1, -0.05) is 0 Å². The Morgan fingerprint density at radius 1 is 1.10 bits per heavy atom. The van der Waals surface area contributed by atoms with Crippen molar-refractivity contribution in [3.63, 3.8) is 0 Å². The Bertz CT molecular complexity index is 1030. The number of ether oxygens (including phenoxy) is 2. The molecule has 2 saturated carbocycles. The second-order valence-corrected chi connectivity index (χ2v) is 9.20. The van der Waals surface area contributed by atoms with Gasteiger partial charge in [-0.2, -0.15) is 0 Å². The van der Waals surface area contributed by atoms with Crippen molar-refractivity contribution in [3.8, 4) is 11.3 Å². The highest BCUT2D eigenvalue weighted by atomic mass is 19.1. The Morgan fingerprint density at radius 2 is 1.87 bits per heavy atom. The Balaban J connectivity index is 1.45. The van der Waals surface area contributed by atoms with Crippen molar-refractivity contribution in [2.45, 2.75) is 75.0 Å². The molecule has 2 bridgehead atoms. The van der Waals surface area contributed by atoms with Crippen LogP contribution in [0, 0.1) is 11.6 Å². The zero-order valence-electron chi connectivity index (χ0n) is 17.3. The van der Waals surface area contributed by atoms with Crippen molar-refractivity contribution >= 4 is 5.82 Å². The topological polar surface area (TPSA) is 56.3 Å². The first-order chi connectivity index (χ1) is 15.0. The molecule has 1 aromatic carbocycles. The molecule has 2 aromatic rings. The van der Waals surface area contributed by atoms with Gasteiger partial charge in [0.2, 0.25) is 0 Å². The van der Waals surface area contributed by atoms with Gasteiger partial charge in [-0.05, 0) is 61.8 Å². The van der Waals surface area contributed by atoms with E-state index in [4.69, 9.17) is 9.47 Å². The van der Waals surface area contributed by atoms with Gasteiger partial charge in [0.25, 0.3) is 0 Å². The predicted molar refractivity (Wildman–Crippen MR) is 107 cm³/mol. The molecular formula is C23H24F3N3O2. The van der Waals surface area contributed by atoms with E-state index in [1.165, 1.54) is 0 Å². The fourth-order valence-electron chi connectivity index (χ4n) is 5.19. The SMILES string of the molecule is CO[C@@H]1CC[C@H]1Nc1nnc(-c2c(F)cc(C3(F)CC3)cc2F)c2c1C1CCC(C2)O1. The van der Waals surface area contributed by atoms with Crippen molar-refractivity contribution in [2.75, 3.05) is 12.4 Å². The van der Waals surface area contributed by atoms with Crippen LogP contribution in [0.5, 0.6) is 0 Å². The summed E-state index contributed by atoms with van der Waals surface area (Å²) in [6.07, 6.45) is 4.72. The lowest BCUT2D eigenvalue weighted by atomic mass is 9.88. The normalized spacial score (nSPS) is 29.9. The summed E-state index contributed by atoms with van der Waals surface area (Å²) in [5, 5.41) is 12.0. The van der Waals surface area contributed by atoms with Crippen LogP contribution in [-0.4, -0.2) is 35.6 Å². The number of aromatic nitrogens is 2. The number of alkyl halides is 1. The van der Waals surface area contributed by atoms with E-state index < -0.39 is 17.3 Å². The summed E-state index contributed by atoms with van der Waals surface area (Å²) in [5.41, 5.74) is 0.0347. The zero-order valence-corrected chi connectivity index (χ0v) is 17.3. The second kappa shape index (κ2) is 6.90. The van der Waals surface area contributed by atoms with Crippen LogP contribution in [0.25, 0.3) is 11.3 Å². The van der Waals surface area contributed by atoms with Crippen molar-refractivity contribution in [1.82, 2.24) is 10.2 Å². The Morgan fingerprint density at radius 3 is 2.52 bits per heavy atom. The number of rotatable bonds is 5. The molecule has 1 aromatic heterocycles. The van der Waals surface area contributed by atoms with Gasteiger partial charge in [0, 0.05) is 19.1 Å². The standard InChI is InChI=1S/C23H24F3N3O2/c1-30-17-5-3-16(17)27-22-19-13(10-12-2-4-18(19)31-12)21(28-29-22)20-14(24)8-11(9-15(20)25)23(26)6-7-23/h8-9,12,16-18H,2-7,10H2,1H3,(H,27,29)/t12?,16-,17-,18?/m1/s1. The van der Waals surface area contributed by atoms with Gasteiger partial charge in [0.15, 0.2) is 5.82 Å². The van der Waals surface area contributed by atoms with E-state index in [-0.39, 0.29) is 41.2 Å². The molecule has 164 valence electrons. The number of benzene rings is 1. The van der Waals surface area contributed by atoms with E-state index in [1.54, 1.807) is 7.11 Å². The van der Waals surface area contributed by atoms with Gasteiger partial charge in [-0.15, -0.1) is 10.2 Å². The van der Waals surface area contributed by atoms with E-state index in [1.807, 2.05) is 0 Å². The summed E-state index contributed by atoms with van der Waals surface area (Å²) in [5.74, 6) is -0.990. The molecule has 4 atom stereocenters. The molecule has 6 rings (SSSR count). The highest BCUT2D eigenvalue weighted by molar-refractivity contribution is 5.70. The maximum Gasteiger partial charge on any atom is 0.155 e. The highest BCUT2D eigenvalue weighted by Gasteiger charge is 2.46. The lowest BCUT2D eigenvalue weighted by Crippen LogP contribution is -2.44. The molecule has 8 heteroatoms. The molecule has 31 heavy (non-hydrogen) atoms. The van der Waals surface area contributed by atoms with E-state index in [0.29, 0.717) is 25.1 Å². The molecule has 4 aliphatic rings. The van der Waals surface area contributed by atoms with Crippen LogP contribution >= 0.6 is 0 Å².